The lowest BCUT2D eigenvalue weighted by Crippen LogP contribution is -2.35. The first-order chi connectivity index (χ1) is 18.4. The summed E-state index contributed by atoms with van der Waals surface area (Å²) in [5.74, 6) is 1.90. The maximum atomic E-state index is 13.1. The summed E-state index contributed by atoms with van der Waals surface area (Å²) in [6, 6.07) is 15.2. The normalized spacial score (nSPS) is 13.1. The number of amides is 1. The topological polar surface area (TPSA) is 121 Å². The van der Waals surface area contributed by atoms with Crippen LogP contribution in [0.2, 0.25) is 0 Å². The second-order valence-electron chi connectivity index (χ2n) is 8.87. The van der Waals surface area contributed by atoms with E-state index in [-0.39, 0.29) is 18.5 Å². The minimum Gasteiger partial charge on any atom is -0.493 e. The van der Waals surface area contributed by atoms with E-state index in [1.54, 1.807) is 36.4 Å². The van der Waals surface area contributed by atoms with Gasteiger partial charge in [0.15, 0.2) is 23.0 Å². The second kappa shape index (κ2) is 10.3. The fourth-order valence-corrected chi connectivity index (χ4v) is 4.36. The Hall–Kier alpha value is -4.73. The summed E-state index contributed by atoms with van der Waals surface area (Å²) >= 11 is 0. The zero-order valence-corrected chi connectivity index (χ0v) is 21.2. The van der Waals surface area contributed by atoms with E-state index in [1.165, 1.54) is 14.2 Å². The smallest absolute Gasteiger partial charge is 0.329 e. The maximum absolute atomic E-state index is 13.1. The molecule has 0 bridgehead atoms. The zero-order chi connectivity index (χ0) is 26.8. The first kappa shape index (κ1) is 24.9. The van der Waals surface area contributed by atoms with Gasteiger partial charge in [0, 0.05) is 11.6 Å². The summed E-state index contributed by atoms with van der Waals surface area (Å²) in [4.78, 5) is 41.4. The van der Waals surface area contributed by atoms with Crippen molar-refractivity contribution in [1.29, 1.82) is 0 Å². The molecule has 5 rings (SSSR count). The first-order valence-corrected chi connectivity index (χ1v) is 12.1. The zero-order valence-electron chi connectivity index (χ0n) is 21.2. The van der Waals surface area contributed by atoms with Crippen molar-refractivity contribution in [3.63, 3.8) is 0 Å². The van der Waals surface area contributed by atoms with Crippen molar-refractivity contribution < 1.29 is 23.7 Å². The van der Waals surface area contributed by atoms with Crippen LogP contribution in [0.1, 0.15) is 34.5 Å². The number of hydrogen-bond donors (Lipinski definition) is 2. The van der Waals surface area contributed by atoms with Crippen molar-refractivity contribution >= 4 is 16.8 Å². The molecule has 1 amide bonds. The number of hydrogen-bond acceptors (Lipinski definition) is 7. The molecule has 1 aliphatic rings. The second-order valence-corrected chi connectivity index (χ2v) is 8.87. The molecule has 0 radical (unpaired) electrons. The summed E-state index contributed by atoms with van der Waals surface area (Å²) in [7, 11) is 2.95. The number of aromatic amines is 1. The standard InChI is InChI=1S/C28H27N3O7/c1-16(19-8-9-22-25(12-19)38-11-10-37-22)29-26(32)18-6-4-17(5-7-18)15-31-27(33)20-13-23(35-2)24(36-3)14-21(20)30-28(31)34/h4-9,12-14,16H,10-11,15H2,1-3H3,(H,29,32)(H,30,34). The Kier molecular flexibility index (Phi) is 6.78. The van der Waals surface area contributed by atoms with E-state index < -0.39 is 11.2 Å². The van der Waals surface area contributed by atoms with Gasteiger partial charge in [0.25, 0.3) is 11.5 Å². The molecule has 2 N–H and O–H groups in total. The molecule has 0 fully saturated rings. The van der Waals surface area contributed by atoms with E-state index in [0.717, 1.165) is 10.1 Å². The Morgan fingerprint density at radius 2 is 1.66 bits per heavy atom. The molecule has 38 heavy (non-hydrogen) atoms. The fourth-order valence-electron chi connectivity index (χ4n) is 4.36. The van der Waals surface area contributed by atoms with Crippen LogP contribution >= 0.6 is 0 Å². The van der Waals surface area contributed by atoms with E-state index in [2.05, 4.69) is 10.3 Å². The molecule has 0 saturated carbocycles. The van der Waals surface area contributed by atoms with Gasteiger partial charge in [-0.3, -0.25) is 14.2 Å². The van der Waals surface area contributed by atoms with Gasteiger partial charge in [-0.25, -0.2) is 4.79 Å². The first-order valence-electron chi connectivity index (χ1n) is 12.1. The number of carbonyl (C=O) groups is 1. The average molecular weight is 518 g/mol. The number of nitrogens with one attached hydrogen (secondary N) is 2. The lowest BCUT2D eigenvalue weighted by Gasteiger charge is -2.21. The number of fused-ring (bicyclic) bond motifs is 2. The van der Waals surface area contributed by atoms with Crippen molar-refractivity contribution in [2.24, 2.45) is 0 Å². The average Bonchev–Trinajstić information content (AvgIpc) is 2.94. The van der Waals surface area contributed by atoms with Gasteiger partial charge >= 0.3 is 5.69 Å². The lowest BCUT2D eigenvalue weighted by atomic mass is 10.1. The van der Waals surface area contributed by atoms with Gasteiger partial charge in [-0.1, -0.05) is 18.2 Å². The van der Waals surface area contributed by atoms with Crippen LogP contribution < -0.4 is 35.5 Å². The fraction of sp³-hybridized carbons (Fsp3) is 0.250. The Bertz CT molecular complexity index is 1620. The molecule has 1 unspecified atom stereocenters. The highest BCUT2D eigenvalue weighted by Crippen LogP contribution is 2.33. The van der Waals surface area contributed by atoms with E-state index in [0.29, 0.717) is 58.2 Å². The Morgan fingerprint density at radius 3 is 2.37 bits per heavy atom. The van der Waals surface area contributed by atoms with E-state index in [4.69, 9.17) is 18.9 Å². The van der Waals surface area contributed by atoms with Crippen molar-refractivity contribution in [3.8, 4) is 23.0 Å². The van der Waals surface area contributed by atoms with E-state index in [9.17, 15) is 14.4 Å². The highest BCUT2D eigenvalue weighted by atomic mass is 16.6. The molecule has 0 saturated heterocycles. The molecule has 4 aromatic rings. The van der Waals surface area contributed by atoms with E-state index >= 15 is 0 Å². The number of ether oxygens (including phenoxy) is 4. The van der Waals surface area contributed by atoms with Crippen molar-refractivity contribution in [3.05, 3.63) is 92.1 Å². The highest BCUT2D eigenvalue weighted by molar-refractivity contribution is 5.94. The summed E-state index contributed by atoms with van der Waals surface area (Å²) in [5, 5.41) is 3.28. The van der Waals surface area contributed by atoms with Crippen molar-refractivity contribution in [1.82, 2.24) is 14.9 Å². The van der Waals surface area contributed by atoms with Gasteiger partial charge in [-0.15, -0.1) is 0 Å². The van der Waals surface area contributed by atoms with Crippen molar-refractivity contribution in [2.45, 2.75) is 19.5 Å². The quantitative estimate of drug-likeness (QED) is 0.387. The third-order valence-corrected chi connectivity index (χ3v) is 6.46. The minimum absolute atomic E-state index is 0.0357. The van der Waals surface area contributed by atoms with Crippen LogP contribution in [0.4, 0.5) is 0 Å². The summed E-state index contributed by atoms with van der Waals surface area (Å²) < 4.78 is 22.8. The minimum atomic E-state index is -0.551. The number of rotatable bonds is 7. The predicted molar refractivity (Wildman–Crippen MR) is 141 cm³/mol. The molecular weight excluding hydrogens is 490 g/mol. The number of methoxy groups -OCH3 is 2. The molecular formula is C28H27N3O7. The Balaban J connectivity index is 1.32. The van der Waals surface area contributed by atoms with Crippen LogP contribution in [0.25, 0.3) is 10.9 Å². The number of carbonyl (C=O) groups excluding carboxylic acids is 1. The largest absolute Gasteiger partial charge is 0.493 e. The molecule has 0 aliphatic carbocycles. The molecule has 10 heteroatoms. The molecule has 1 aliphatic heterocycles. The lowest BCUT2D eigenvalue weighted by molar-refractivity contribution is 0.0939. The Morgan fingerprint density at radius 1 is 0.974 bits per heavy atom. The van der Waals surface area contributed by atoms with Crippen LogP contribution in [0.5, 0.6) is 23.0 Å². The number of aromatic nitrogens is 2. The summed E-state index contributed by atoms with van der Waals surface area (Å²) in [6.45, 7) is 2.93. The summed E-state index contributed by atoms with van der Waals surface area (Å²) in [5.41, 5.74) is 1.38. The van der Waals surface area contributed by atoms with Gasteiger partial charge < -0.3 is 29.2 Å². The monoisotopic (exact) mass is 517 g/mol. The van der Waals surface area contributed by atoms with Gasteiger partial charge in [0.1, 0.15) is 13.2 Å². The number of H-pyrrole nitrogens is 1. The third-order valence-electron chi connectivity index (χ3n) is 6.46. The molecule has 1 aromatic heterocycles. The van der Waals surface area contributed by atoms with Crippen LogP contribution in [0, 0.1) is 0 Å². The van der Waals surface area contributed by atoms with Gasteiger partial charge in [0.05, 0.1) is 37.7 Å². The Labute approximate surface area is 217 Å². The molecule has 3 aromatic carbocycles. The van der Waals surface area contributed by atoms with Crippen LogP contribution in [0.15, 0.2) is 64.2 Å². The molecule has 2 heterocycles. The number of nitrogens with zero attached hydrogens (tertiary/aromatic N) is 1. The third kappa shape index (κ3) is 4.80. The molecule has 0 spiro atoms. The predicted octanol–water partition coefficient (Wildman–Crippen LogP) is 3.02. The highest BCUT2D eigenvalue weighted by Gasteiger charge is 2.17. The SMILES string of the molecule is COc1cc2[nH]c(=O)n(Cc3ccc(C(=O)NC(C)c4ccc5c(c4)OCCO5)cc3)c(=O)c2cc1OC. The maximum Gasteiger partial charge on any atom is 0.329 e. The van der Waals surface area contributed by atoms with Crippen LogP contribution in [-0.4, -0.2) is 42.9 Å². The van der Waals surface area contributed by atoms with Gasteiger partial charge in [-0.2, -0.15) is 0 Å². The number of benzene rings is 3. The van der Waals surface area contributed by atoms with Gasteiger partial charge in [-0.05, 0) is 48.4 Å². The van der Waals surface area contributed by atoms with E-state index in [1.807, 2.05) is 25.1 Å². The summed E-state index contributed by atoms with van der Waals surface area (Å²) in [6.07, 6.45) is 0. The molecule has 196 valence electrons. The molecule has 1 atom stereocenters. The van der Waals surface area contributed by atoms with Crippen molar-refractivity contribution in [2.75, 3.05) is 27.4 Å². The van der Waals surface area contributed by atoms with Gasteiger partial charge in [0.2, 0.25) is 0 Å². The van der Waals surface area contributed by atoms with Crippen LogP contribution in [-0.2, 0) is 6.54 Å². The molecule has 10 nitrogen and oxygen atoms in total. The van der Waals surface area contributed by atoms with Crippen LogP contribution in [0.3, 0.4) is 0 Å².